The number of benzene rings is 2. The molecule has 0 aliphatic carbocycles. The van der Waals surface area contributed by atoms with Crippen LogP contribution in [0.25, 0.3) is 0 Å². The average Bonchev–Trinajstić information content (AvgIpc) is 2.73. The van der Waals surface area contributed by atoms with Crippen molar-refractivity contribution < 1.29 is 9.53 Å². The second kappa shape index (κ2) is 11.1. The predicted molar refractivity (Wildman–Crippen MR) is 114 cm³/mol. The first-order valence-electron chi connectivity index (χ1n) is 10.1. The number of rotatable bonds is 9. The molecule has 1 N–H and O–H groups in total. The molecule has 0 unspecified atom stereocenters. The zero-order valence-corrected chi connectivity index (χ0v) is 17.1. The minimum absolute atomic E-state index is 0.0625. The van der Waals surface area contributed by atoms with Gasteiger partial charge in [-0.25, -0.2) is 0 Å². The molecule has 0 atom stereocenters. The highest BCUT2D eigenvalue weighted by Crippen LogP contribution is 2.17. The lowest BCUT2D eigenvalue weighted by molar-refractivity contribution is -0.121. The zero-order chi connectivity index (χ0) is 19.6. The normalized spacial score (nSPS) is 14.6. The summed E-state index contributed by atoms with van der Waals surface area (Å²) in [5.74, 6) is 0.837. The smallest absolute Gasteiger partial charge is 0.220 e. The number of nitrogens with zero attached hydrogens (tertiary/aromatic N) is 1. The maximum atomic E-state index is 12.2. The Labute approximate surface area is 172 Å². The van der Waals surface area contributed by atoms with E-state index in [1.54, 1.807) is 12.1 Å². The number of amides is 1. The Balaban J connectivity index is 1.38. The molecule has 150 valence electrons. The molecule has 0 radical (unpaired) electrons. The molecule has 1 amide bonds. The van der Waals surface area contributed by atoms with E-state index in [4.69, 9.17) is 16.3 Å². The molecular formula is C23H29ClN2O2. The van der Waals surface area contributed by atoms with E-state index in [0.29, 0.717) is 31.0 Å². The van der Waals surface area contributed by atoms with Crippen molar-refractivity contribution in [3.05, 3.63) is 64.7 Å². The molecule has 1 aliphatic rings. The molecule has 0 spiro atoms. The first-order valence-corrected chi connectivity index (χ1v) is 10.5. The van der Waals surface area contributed by atoms with Gasteiger partial charge in [0.2, 0.25) is 5.91 Å². The van der Waals surface area contributed by atoms with Crippen molar-refractivity contribution in [1.29, 1.82) is 0 Å². The summed E-state index contributed by atoms with van der Waals surface area (Å²) in [5.41, 5.74) is 2.52. The van der Waals surface area contributed by atoms with E-state index in [1.165, 1.54) is 43.5 Å². The number of hydrogen-bond acceptors (Lipinski definition) is 3. The van der Waals surface area contributed by atoms with Crippen LogP contribution < -0.4 is 10.1 Å². The molecular weight excluding hydrogens is 372 g/mol. The van der Waals surface area contributed by atoms with Crippen LogP contribution in [0.5, 0.6) is 5.75 Å². The van der Waals surface area contributed by atoms with Gasteiger partial charge < -0.3 is 10.1 Å². The molecule has 2 aromatic rings. The third-order valence-electron chi connectivity index (χ3n) is 5.07. The van der Waals surface area contributed by atoms with Crippen molar-refractivity contribution in [2.75, 3.05) is 19.7 Å². The first-order chi connectivity index (χ1) is 13.7. The van der Waals surface area contributed by atoms with Crippen LogP contribution in [0.2, 0.25) is 5.02 Å². The van der Waals surface area contributed by atoms with Crippen molar-refractivity contribution in [2.45, 2.75) is 45.2 Å². The van der Waals surface area contributed by atoms with E-state index < -0.39 is 0 Å². The Hall–Kier alpha value is -2.04. The summed E-state index contributed by atoms with van der Waals surface area (Å²) in [5, 5.41) is 3.74. The number of piperidine rings is 1. The molecule has 2 aromatic carbocycles. The summed E-state index contributed by atoms with van der Waals surface area (Å²) < 4.78 is 5.63. The predicted octanol–water partition coefficient (Wildman–Crippen LogP) is 4.80. The topological polar surface area (TPSA) is 41.6 Å². The maximum Gasteiger partial charge on any atom is 0.220 e. The zero-order valence-electron chi connectivity index (χ0n) is 16.3. The van der Waals surface area contributed by atoms with Crippen LogP contribution in [0.3, 0.4) is 0 Å². The van der Waals surface area contributed by atoms with Gasteiger partial charge in [0.25, 0.3) is 0 Å². The standard InChI is InChI=1S/C23H29ClN2O2/c24-21-10-12-22(13-11-21)28-16-6-9-23(27)25-17-19-7-2-3-8-20(19)18-26-14-4-1-5-15-26/h2-3,7-8,10-13H,1,4-6,9,14-18H2,(H,25,27). The molecule has 1 aliphatic heterocycles. The Kier molecular flexibility index (Phi) is 8.19. The van der Waals surface area contributed by atoms with Gasteiger partial charge in [-0.15, -0.1) is 0 Å². The second-order valence-corrected chi connectivity index (χ2v) is 7.72. The van der Waals surface area contributed by atoms with Gasteiger partial charge in [0.15, 0.2) is 0 Å². The van der Waals surface area contributed by atoms with Gasteiger partial charge in [-0.2, -0.15) is 0 Å². The van der Waals surface area contributed by atoms with E-state index in [0.717, 1.165) is 12.3 Å². The van der Waals surface area contributed by atoms with E-state index in [1.807, 2.05) is 18.2 Å². The van der Waals surface area contributed by atoms with Crippen LogP contribution in [-0.2, 0) is 17.9 Å². The Morgan fingerprint density at radius 3 is 2.46 bits per heavy atom. The molecule has 1 heterocycles. The lowest BCUT2D eigenvalue weighted by Crippen LogP contribution is -2.30. The van der Waals surface area contributed by atoms with Gasteiger partial charge in [0.05, 0.1) is 6.61 Å². The van der Waals surface area contributed by atoms with Crippen molar-refractivity contribution in [2.24, 2.45) is 0 Å². The molecule has 28 heavy (non-hydrogen) atoms. The number of likely N-dealkylation sites (tertiary alicyclic amines) is 1. The van der Waals surface area contributed by atoms with Gasteiger partial charge in [0, 0.05) is 24.5 Å². The lowest BCUT2D eigenvalue weighted by atomic mass is 10.0. The first kappa shape index (κ1) is 20.7. The van der Waals surface area contributed by atoms with Crippen LogP contribution in [0.4, 0.5) is 0 Å². The van der Waals surface area contributed by atoms with Gasteiger partial charge in [0.1, 0.15) is 5.75 Å². The molecule has 1 saturated heterocycles. The Morgan fingerprint density at radius 1 is 1.00 bits per heavy atom. The van der Waals surface area contributed by atoms with Crippen molar-refractivity contribution >= 4 is 17.5 Å². The minimum atomic E-state index is 0.0625. The van der Waals surface area contributed by atoms with Crippen LogP contribution in [0.15, 0.2) is 48.5 Å². The third-order valence-corrected chi connectivity index (χ3v) is 5.32. The minimum Gasteiger partial charge on any atom is -0.494 e. The Bertz CT molecular complexity index is 743. The van der Waals surface area contributed by atoms with Crippen molar-refractivity contribution in [1.82, 2.24) is 10.2 Å². The summed E-state index contributed by atoms with van der Waals surface area (Å²) in [6.45, 7) is 4.42. The summed E-state index contributed by atoms with van der Waals surface area (Å²) >= 11 is 5.85. The van der Waals surface area contributed by atoms with E-state index in [-0.39, 0.29) is 5.91 Å². The van der Waals surface area contributed by atoms with Gasteiger partial charge in [-0.1, -0.05) is 42.3 Å². The largest absolute Gasteiger partial charge is 0.494 e. The highest BCUT2D eigenvalue weighted by Gasteiger charge is 2.12. The number of ether oxygens (including phenoxy) is 1. The lowest BCUT2D eigenvalue weighted by Gasteiger charge is -2.27. The number of carbonyl (C=O) groups is 1. The molecule has 0 aromatic heterocycles. The van der Waals surface area contributed by atoms with Gasteiger partial charge >= 0.3 is 0 Å². The third kappa shape index (κ3) is 6.84. The van der Waals surface area contributed by atoms with E-state index in [9.17, 15) is 4.79 Å². The van der Waals surface area contributed by atoms with Crippen LogP contribution >= 0.6 is 11.6 Å². The fraction of sp³-hybridized carbons (Fsp3) is 0.435. The van der Waals surface area contributed by atoms with Crippen LogP contribution in [0, 0.1) is 0 Å². The average molecular weight is 401 g/mol. The number of nitrogens with one attached hydrogen (secondary N) is 1. The van der Waals surface area contributed by atoms with Crippen LogP contribution in [0.1, 0.15) is 43.2 Å². The number of hydrogen-bond donors (Lipinski definition) is 1. The fourth-order valence-electron chi connectivity index (χ4n) is 3.48. The van der Waals surface area contributed by atoms with E-state index in [2.05, 4.69) is 28.4 Å². The number of carbonyl (C=O) groups excluding carboxylic acids is 1. The summed E-state index contributed by atoms with van der Waals surface area (Å²) in [6, 6.07) is 15.7. The molecule has 4 nitrogen and oxygen atoms in total. The number of halogens is 1. The van der Waals surface area contributed by atoms with Crippen molar-refractivity contribution in [3.63, 3.8) is 0 Å². The summed E-state index contributed by atoms with van der Waals surface area (Å²) in [7, 11) is 0. The fourth-order valence-corrected chi connectivity index (χ4v) is 3.60. The SMILES string of the molecule is O=C(CCCOc1ccc(Cl)cc1)NCc1ccccc1CN1CCCCC1. The summed E-state index contributed by atoms with van der Waals surface area (Å²) in [4.78, 5) is 14.7. The molecule has 1 fully saturated rings. The van der Waals surface area contributed by atoms with E-state index >= 15 is 0 Å². The quantitative estimate of drug-likeness (QED) is 0.614. The van der Waals surface area contributed by atoms with Gasteiger partial charge in [-0.05, 0) is 67.7 Å². The molecule has 0 saturated carbocycles. The highest BCUT2D eigenvalue weighted by molar-refractivity contribution is 6.30. The highest BCUT2D eigenvalue weighted by atomic mass is 35.5. The molecule has 3 rings (SSSR count). The molecule has 5 heteroatoms. The van der Waals surface area contributed by atoms with Crippen LogP contribution in [-0.4, -0.2) is 30.5 Å². The van der Waals surface area contributed by atoms with Gasteiger partial charge in [-0.3, -0.25) is 9.69 Å². The molecule has 0 bridgehead atoms. The summed E-state index contributed by atoms with van der Waals surface area (Å²) in [6.07, 6.45) is 5.07. The Morgan fingerprint density at radius 2 is 1.71 bits per heavy atom. The van der Waals surface area contributed by atoms with Crippen molar-refractivity contribution in [3.8, 4) is 5.75 Å². The monoisotopic (exact) mass is 400 g/mol. The second-order valence-electron chi connectivity index (χ2n) is 7.29. The maximum absolute atomic E-state index is 12.2.